The van der Waals surface area contributed by atoms with E-state index in [2.05, 4.69) is 18.7 Å². The van der Waals surface area contributed by atoms with Gasteiger partial charge in [0.25, 0.3) is 0 Å². The Morgan fingerprint density at radius 1 is 1.15 bits per heavy atom. The number of aryl methyl sites for hydroxylation is 1. The predicted octanol–water partition coefficient (Wildman–Crippen LogP) is 3.91. The topological polar surface area (TPSA) is 33.5 Å². The van der Waals surface area contributed by atoms with E-state index in [0.29, 0.717) is 6.42 Å². The number of benzene rings is 1. The third-order valence-corrected chi connectivity index (χ3v) is 3.82. The Bertz CT molecular complexity index is 582. The number of furan rings is 1. The van der Waals surface area contributed by atoms with E-state index in [-0.39, 0.29) is 5.78 Å². The quantitative estimate of drug-likeness (QED) is 0.717. The fraction of sp³-hybridized carbons (Fsp3) is 0.471. The summed E-state index contributed by atoms with van der Waals surface area (Å²) in [6, 6.07) is 7.80. The average Bonchev–Trinajstić information content (AvgIpc) is 2.86. The third-order valence-electron chi connectivity index (χ3n) is 3.82. The first-order valence-corrected chi connectivity index (χ1v) is 7.47. The van der Waals surface area contributed by atoms with Gasteiger partial charge in [-0.1, -0.05) is 39.0 Å². The number of para-hydroxylation sites is 1. The fourth-order valence-corrected chi connectivity index (χ4v) is 2.58. The zero-order valence-electron chi connectivity index (χ0n) is 12.6. The second-order valence-corrected chi connectivity index (χ2v) is 4.95. The Balaban J connectivity index is 2.25. The Kier molecular flexibility index (Phi) is 4.96. The molecule has 3 nitrogen and oxygen atoms in total. The van der Waals surface area contributed by atoms with Crippen molar-refractivity contribution >= 4 is 16.8 Å². The second-order valence-electron chi connectivity index (χ2n) is 4.95. The molecule has 0 saturated carbocycles. The van der Waals surface area contributed by atoms with Crippen molar-refractivity contribution in [2.24, 2.45) is 0 Å². The van der Waals surface area contributed by atoms with E-state index < -0.39 is 0 Å². The maximum atomic E-state index is 12.5. The van der Waals surface area contributed by atoms with Gasteiger partial charge in [0.15, 0.2) is 5.78 Å². The van der Waals surface area contributed by atoms with Gasteiger partial charge in [-0.3, -0.25) is 4.79 Å². The van der Waals surface area contributed by atoms with Crippen LogP contribution in [0.15, 0.2) is 28.7 Å². The highest BCUT2D eigenvalue weighted by Crippen LogP contribution is 2.27. The minimum atomic E-state index is 0.193. The SMILES string of the molecule is CCc1oc2ccccc2c1C(=O)CCN(CC)CC. The molecule has 0 fully saturated rings. The maximum Gasteiger partial charge on any atom is 0.168 e. The van der Waals surface area contributed by atoms with E-state index in [4.69, 9.17) is 4.42 Å². The van der Waals surface area contributed by atoms with Gasteiger partial charge in [0.05, 0.1) is 5.56 Å². The number of hydrogen-bond acceptors (Lipinski definition) is 3. The normalized spacial score (nSPS) is 11.4. The summed E-state index contributed by atoms with van der Waals surface area (Å²) in [7, 11) is 0. The molecule has 1 aromatic heterocycles. The summed E-state index contributed by atoms with van der Waals surface area (Å²) in [5, 5.41) is 0.953. The van der Waals surface area contributed by atoms with Crippen molar-refractivity contribution in [3.8, 4) is 0 Å². The van der Waals surface area contributed by atoms with Crippen LogP contribution in [0.5, 0.6) is 0 Å². The van der Waals surface area contributed by atoms with E-state index >= 15 is 0 Å². The van der Waals surface area contributed by atoms with Crippen molar-refractivity contribution in [1.29, 1.82) is 0 Å². The number of carbonyl (C=O) groups excluding carboxylic acids is 1. The summed E-state index contributed by atoms with van der Waals surface area (Å²) >= 11 is 0. The molecule has 0 saturated heterocycles. The highest BCUT2D eigenvalue weighted by molar-refractivity contribution is 6.08. The predicted molar refractivity (Wildman–Crippen MR) is 82.3 cm³/mol. The van der Waals surface area contributed by atoms with Gasteiger partial charge >= 0.3 is 0 Å². The van der Waals surface area contributed by atoms with E-state index in [1.165, 1.54) is 0 Å². The van der Waals surface area contributed by atoms with Gasteiger partial charge in [0.1, 0.15) is 11.3 Å². The van der Waals surface area contributed by atoms with Gasteiger partial charge in [0, 0.05) is 24.8 Å². The highest BCUT2D eigenvalue weighted by atomic mass is 16.3. The average molecular weight is 273 g/mol. The molecule has 0 unspecified atom stereocenters. The van der Waals surface area contributed by atoms with Crippen LogP contribution in [0.3, 0.4) is 0 Å². The van der Waals surface area contributed by atoms with E-state index in [1.54, 1.807) is 0 Å². The fourth-order valence-electron chi connectivity index (χ4n) is 2.58. The summed E-state index contributed by atoms with van der Waals surface area (Å²) in [4.78, 5) is 14.8. The molecule has 0 spiro atoms. The molecule has 0 amide bonds. The minimum Gasteiger partial charge on any atom is -0.460 e. The van der Waals surface area contributed by atoms with Gasteiger partial charge in [-0.25, -0.2) is 0 Å². The van der Waals surface area contributed by atoms with Crippen LogP contribution in [0.4, 0.5) is 0 Å². The largest absolute Gasteiger partial charge is 0.460 e. The highest BCUT2D eigenvalue weighted by Gasteiger charge is 2.19. The van der Waals surface area contributed by atoms with Gasteiger partial charge in [-0.2, -0.15) is 0 Å². The molecule has 1 heterocycles. The Labute approximate surface area is 120 Å². The van der Waals surface area contributed by atoms with E-state index in [0.717, 1.165) is 48.3 Å². The molecule has 0 atom stereocenters. The van der Waals surface area contributed by atoms with Gasteiger partial charge < -0.3 is 9.32 Å². The van der Waals surface area contributed by atoms with Gasteiger partial charge in [-0.05, 0) is 19.2 Å². The first-order chi connectivity index (χ1) is 9.71. The van der Waals surface area contributed by atoms with Crippen molar-refractivity contribution < 1.29 is 9.21 Å². The Morgan fingerprint density at radius 2 is 1.85 bits per heavy atom. The molecule has 2 aromatic rings. The van der Waals surface area contributed by atoms with Crippen LogP contribution in [0.25, 0.3) is 11.0 Å². The van der Waals surface area contributed by atoms with Crippen molar-refractivity contribution in [3.63, 3.8) is 0 Å². The van der Waals surface area contributed by atoms with Crippen molar-refractivity contribution in [1.82, 2.24) is 4.90 Å². The van der Waals surface area contributed by atoms with E-state index in [9.17, 15) is 4.79 Å². The molecule has 108 valence electrons. The zero-order chi connectivity index (χ0) is 14.5. The number of fused-ring (bicyclic) bond motifs is 1. The van der Waals surface area contributed by atoms with Crippen LogP contribution in [-0.2, 0) is 6.42 Å². The minimum absolute atomic E-state index is 0.193. The molecular weight excluding hydrogens is 250 g/mol. The van der Waals surface area contributed by atoms with Crippen LogP contribution in [0.2, 0.25) is 0 Å². The number of nitrogens with zero attached hydrogens (tertiary/aromatic N) is 1. The summed E-state index contributed by atoms with van der Waals surface area (Å²) in [5.74, 6) is 1.01. The monoisotopic (exact) mass is 273 g/mol. The number of Topliss-reactive ketones (excluding diaryl/α,β-unsaturated/α-hetero) is 1. The Hall–Kier alpha value is -1.61. The molecule has 3 heteroatoms. The lowest BCUT2D eigenvalue weighted by molar-refractivity contribution is 0.0966. The molecule has 0 aliphatic rings. The lowest BCUT2D eigenvalue weighted by atomic mass is 10.0. The number of hydrogen-bond donors (Lipinski definition) is 0. The molecule has 0 N–H and O–H groups in total. The lowest BCUT2D eigenvalue weighted by Gasteiger charge is -2.17. The summed E-state index contributed by atoms with van der Waals surface area (Å²) in [5.41, 5.74) is 1.60. The molecule has 0 radical (unpaired) electrons. The number of rotatable bonds is 7. The molecule has 20 heavy (non-hydrogen) atoms. The van der Waals surface area contributed by atoms with Crippen LogP contribution < -0.4 is 0 Å². The smallest absolute Gasteiger partial charge is 0.168 e. The molecular formula is C17H23NO2. The summed E-state index contributed by atoms with van der Waals surface area (Å²) < 4.78 is 5.79. The van der Waals surface area contributed by atoms with Crippen LogP contribution in [0.1, 0.15) is 43.3 Å². The van der Waals surface area contributed by atoms with Crippen molar-refractivity contribution in [2.75, 3.05) is 19.6 Å². The molecule has 0 aliphatic heterocycles. The molecule has 1 aromatic carbocycles. The third kappa shape index (κ3) is 2.93. The van der Waals surface area contributed by atoms with Crippen molar-refractivity contribution in [2.45, 2.75) is 33.6 Å². The lowest BCUT2D eigenvalue weighted by Crippen LogP contribution is -2.25. The second kappa shape index (κ2) is 6.71. The first-order valence-electron chi connectivity index (χ1n) is 7.47. The number of carbonyl (C=O) groups is 1. The molecule has 0 aliphatic carbocycles. The van der Waals surface area contributed by atoms with Crippen LogP contribution >= 0.6 is 0 Å². The molecule has 0 bridgehead atoms. The van der Waals surface area contributed by atoms with E-state index in [1.807, 2.05) is 31.2 Å². The number of ketones is 1. The first kappa shape index (κ1) is 14.8. The molecule has 2 rings (SSSR count). The Morgan fingerprint density at radius 3 is 2.50 bits per heavy atom. The zero-order valence-corrected chi connectivity index (χ0v) is 12.6. The van der Waals surface area contributed by atoms with Gasteiger partial charge in [-0.15, -0.1) is 0 Å². The van der Waals surface area contributed by atoms with Crippen LogP contribution in [-0.4, -0.2) is 30.3 Å². The maximum absolute atomic E-state index is 12.5. The summed E-state index contributed by atoms with van der Waals surface area (Å²) in [6.45, 7) is 9.05. The summed E-state index contributed by atoms with van der Waals surface area (Å²) in [6.07, 6.45) is 1.30. The van der Waals surface area contributed by atoms with Crippen LogP contribution in [0, 0.1) is 0 Å². The van der Waals surface area contributed by atoms with Crippen molar-refractivity contribution in [3.05, 3.63) is 35.6 Å². The van der Waals surface area contributed by atoms with Gasteiger partial charge in [0.2, 0.25) is 0 Å². The standard InChI is InChI=1S/C17H23NO2/c1-4-15-17(13-9-7-8-10-16(13)20-15)14(19)11-12-18(5-2)6-3/h7-10H,4-6,11-12H2,1-3H3.